The maximum Gasteiger partial charge on any atom is 0.260 e. The van der Waals surface area contributed by atoms with Crippen molar-refractivity contribution in [2.45, 2.75) is 24.2 Å². The summed E-state index contributed by atoms with van der Waals surface area (Å²) in [6.45, 7) is 0. The van der Waals surface area contributed by atoms with Gasteiger partial charge in [-0.05, 0) is 94.3 Å². The van der Waals surface area contributed by atoms with Crippen molar-refractivity contribution in [3.05, 3.63) is 98.8 Å². The molecule has 0 bridgehead atoms. The Morgan fingerprint density at radius 3 is 2.44 bits per heavy atom. The SMILES string of the molecule is COc1cc(C2C3=CCC4C(=O)NC(=O)C4C3CC3C(=O)N(Nc4ccc(F)cc4)C(=O)C32c2ccc(Cl)cc2)cc(Br)c1O. The summed E-state index contributed by atoms with van der Waals surface area (Å²) < 4.78 is 19.5. The standard InChI is InChI=1S/C33H26BrClFN3O6/c1-45-25-13-15(12-24(34)28(25)40)27-20-10-11-21-26(30(42)37-29(21)41)22(20)14-23-31(43)39(38-19-8-6-18(36)7-9-19)32(44)33(23,27)16-2-4-17(35)5-3-16/h2-10,12-13,21-23,26-27,38,40H,11,14H2,1H3,(H,37,41,42). The van der Waals surface area contributed by atoms with Gasteiger partial charge in [-0.3, -0.25) is 29.9 Å². The quantitative estimate of drug-likeness (QED) is 0.247. The predicted octanol–water partition coefficient (Wildman–Crippen LogP) is 5.23. The third-order valence-electron chi connectivity index (χ3n) is 9.70. The number of phenols is 1. The second-order valence-electron chi connectivity index (χ2n) is 11.8. The zero-order chi connectivity index (χ0) is 31.8. The van der Waals surface area contributed by atoms with E-state index in [2.05, 4.69) is 26.7 Å². The van der Waals surface area contributed by atoms with E-state index in [1.54, 1.807) is 36.4 Å². The van der Waals surface area contributed by atoms with E-state index >= 15 is 4.79 Å². The van der Waals surface area contributed by atoms with Crippen molar-refractivity contribution in [1.82, 2.24) is 10.3 Å². The number of halogens is 3. The molecule has 0 radical (unpaired) electrons. The number of carbonyl (C=O) groups excluding carboxylic acids is 4. The van der Waals surface area contributed by atoms with Gasteiger partial charge >= 0.3 is 0 Å². The monoisotopic (exact) mass is 693 g/mol. The number of hydrazine groups is 1. The summed E-state index contributed by atoms with van der Waals surface area (Å²) in [6.07, 6.45) is 2.32. The van der Waals surface area contributed by atoms with Crippen molar-refractivity contribution >= 4 is 56.8 Å². The van der Waals surface area contributed by atoms with Crippen molar-refractivity contribution in [3.63, 3.8) is 0 Å². The van der Waals surface area contributed by atoms with Crippen LogP contribution in [0.4, 0.5) is 10.1 Å². The smallest absolute Gasteiger partial charge is 0.260 e. The first-order chi connectivity index (χ1) is 21.6. The minimum absolute atomic E-state index is 0.120. The molecular formula is C33H26BrClFN3O6. The van der Waals surface area contributed by atoms with Crippen LogP contribution in [0.1, 0.15) is 29.9 Å². The lowest BCUT2D eigenvalue weighted by Gasteiger charge is -2.50. The lowest BCUT2D eigenvalue weighted by atomic mass is 9.49. The number of rotatable bonds is 5. The van der Waals surface area contributed by atoms with Crippen molar-refractivity contribution in [3.8, 4) is 11.5 Å². The van der Waals surface area contributed by atoms with Gasteiger partial charge < -0.3 is 9.84 Å². The van der Waals surface area contributed by atoms with E-state index in [4.69, 9.17) is 16.3 Å². The van der Waals surface area contributed by atoms with Crippen LogP contribution in [0.25, 0.3) is 0 Å². The summed E-state index contributed by atoms with van der Waals surface area (Å²) >= 11 is 9.71. The summed E-state index contributed by atoms with van der Waals surface area (Å²) in [6, 6.07) is 15.3. The third-order valence-corrected chi connectivity index (χ3v) is 10.6. The molecule has 4 aliphatic rings. The number of imide groups is 2. The number of carbonyl (C=O) groups is 4. The third kappa shape index (κ3) is 4.31. The molecule has 7 rings (SSSR count). The molecule has 2 aliphatic carbocycles. The van der Waals surface area contributed by atoms with Gasteiger partial charge in [-0.15, -0.1) is 0 Å². The molecule has 230 valence electrons. The first-order valence-electron chi connectivity index (χ1n) is 14.3. The number of anilines is 1. The highest BCUT2D eigenvalue weighted by Crippen LogP contribution is 2.64. The number of nitrogens with zero attached hydrogens (tertiary/aromatic N) is 1. The number of methoxy groups -OCH3 is 1. The number of amides is 4. The number of fused-ring (bicyclic) bond motifs is 4. The molecule has 6 atom stereocenters. The fourth-order valence-corrected chi connectivity index (χ4v) is 8.44. The Bertz CT molecular complexity index is 1820. The molecule has 3 fully saturated rings. The van der Waals surface area contributed by atoms with Crippen LogP contribution in [0.15, 0.2) is 76.8 Å². The highest BCUT2D eigenvalue weighted by molar-refractivity contribution is 9.10. The van der Waals surface area contributed by atoms with E-state index < -0.39 is 58.5 Å². The zero-order valence-corrected chi connectivity index (χ0v) is 26.1. The number of benzene rings is 3. The fourth-order valence-electron chi connectivity index (χ4n) is 7.86. The molecule has 3 aromatic rings. The summed E-state index contributed by atoms with van der Waals surface area (Å²) in [4.78, 5) is 55.5. The average Bonchev–Trinajstić information content (AvgIpc) is 3.43. The van der Waals surface area contributed by atoms with E-state index in [1.807, 2.05) is 6.08 Å². The van der Waals surface area contributed by atoms with Crippen LogP contribution in [0.5, 0.6) is 11.5 Å². The van der Waals surface area contributed by atoms with Crippen molar-refractivity contribution < 1.29 is 33.4 Å². The molecule has 2 aliphatic heterocycles. The molecule has 2 heterocycles. The first kappa shape index (κ1) is 29.5. The van der Waals surface area contributed by atoms with Crippen LogP contribution in [-0.4, -0.2) is 40.9 Å². The summed E-state index contributed by atoms with van der Waals surface area (Å²) in [5, 5.41) is 14.6. The molecule has 0 spiro atoms. The van der Waals surface area contributed by atoms with Crippen LogP contribution in [0.2, 0.25) is 5.02 Å². The van der Waals surface area contributed by atoms with Gasteiger partial charge in [0.2, 0.25) is 11.8 Å². The number of ether oxygens (including phenoxy) is 1. The van der Waals surface area contributed by atoms with Crippen LogP contribution in [-0.2, 0) is 24.6 Å². The normalized spacial score (nSPS) is 28.7. The van der Waals surface area contributed by atoms with Crippen LogP contribution >= 0.6 is 27.5 Å². The molecule has 3 N–H and O–H groups in total. The Kier molecular flexibility index (Phi) is 7.01. The van der Waals surface area contributed by atoms with Gasteiger partial charge in [-0.25, -0.2) is 4.39 Å². The molecule has 2 saturated heterocycles. The molecule has 0 aromatic heterocycles. The van der Waals surface area contributed by atoms with Gasteiger partial charge in [-0.1, -0.05) is 35.4 Å². The molecule has 45 heavy (non-hydrogen) atoms. The number of hydrogen-bond donors (Lipinski definition) is 3. The second kappa shape index (κ2) is 10.7. The van der Waals surface area contributed by atoms with Gasteiger partial charge in [0.1, 0.15) is 5.82 Å². The Balaban J connectivity index is 1.50. The van der Waals surface area contributed by atoms with E-state index in [0.29, 0.717) is 26.3 Å². The molecule has 9 nitrogen and oxygen atoms in total. The molecular weight excluding hydrogens is 669 g/mol. The number of aromatic hydroxyl groups is 1. The second-order valence-corrected chi connectivity index (χ2v) is 13.1. The van der Waals surface area contributed by atoms with Crippen molar-refractivity contribution in [2.75, 3.05) is 12.5 Å². The van der Waals surface area contributed by atoms with Crippen LogP contribution < -0.4 is 15.5 Å². The lowest BCUT2D eigenvalue weighted by Crippen LogP contribution is -2.53. The molecule has 6 unspecified atom stereocenters. The minimum atomic E-state index is -1.54. The Morgan fingerprint density at radius 1 is 1.04 bits per heavy atom. The number of phenolic OH excluding ortho intramolecular Hbond substituents is 1. The van der Waals surface area contributed by atoms with Gasteiger partial charge in [-0.2, -0.15) is 5.01 Å². The lowest BCUT2D eigenvalue weighted by molar-refractivity contribution is -0.138. The minimum Gasteiger partial charge on any atom is -0.503 e. The topological polar surface area (TPSA) is 125 Å². The average molecular weight is 695 g/mol. The number of hydrogen-bond acceptors (Lipinski definition) is 7. The summed E-state index contributed by atoms with van der Waals surface area (Å²) in [5.74, 6) is -5.95. The summed E-state index contributed by atoms with van der Waals surface area (Å²) in [5.41, 5.74) is 3.52. The van der Waals surface area contributed by atoms with Gasteiger partial charge in [0.25, 0.3) is 11.8 Å². The molecule has 1 saturated carbocycles. The predicted molar refractivity (Wildman–Crippen MR) is 165 cm³/mol. The van der Waals surface area contributed by atoms with E-state index in [0.717, 1.165) is 10.6 Å². The Morgan fingerprint density at radius 2 is 1.76 bits per heavy atom. The van der Waals surface area contributed by atoms with Crippen LogP contribution in [0, 0.1) is 29.5 Å². The highest BCUT2D eigenvalue weighted by Gasteiger charge is 2.70. The van der Waals surface area contributed by atoms with Gasteiger partial charge in [0.05, 0.1) is 40.4 Å². The van der Waals surface area contributed by atoms with Crippen molar-refractivity contribution in [2.24, 2.45) is 23.7 Å². The fraction of sp³-hybridized carbons (Fsp3) is 0.273. The Labute approximate surface area is 270 Å². The van der Waals surface area contributed by atoms with E-state index in [1.165, 1.54) is 31.4 Å². The largest absolute Gasteiger partial charge is 0.503 e. The van der Waals surface area contributed by atoms with E-state index in [9.17, 15) is 23.9 Å². The first-order valence-corrected chi connectivity index (χ1v) is 15.5. The van der Waals surface area contributed by atoms with Crippen LogP contribution in [0.3, 0.4) is 0 Å². The van der Waals surface area contributed by atoms with Gasteiger partial charge in [0, 0.05) is 10.9 Å². The Hall–Kier alpha value is -4.22. The molecule has 12 heteroatoms. The molecule has 4 amide bonds. The number of allylic oxidation sites excluding steroid dienone is 2. The molecule has 3 aromatic carbocycles. The maximum absolute atomic E-state index is 15.0. The summed E-state index contributed by atoms with van der Waals surface area (Å²) in [7, 11) is 1.41. The van der Waals surface area contributed by atoms with E-state index in [-0.39, 0.29) is 30.2 Å². The maximum atomic E-state index is 15.0. The zero-order valence-electron chi connectivity index (χ0n) is 23.7. The van der Waals surface area contributed by atoms with Gasteiger partial charge in [0.15, 0.2) is 11.5 Å². The van der Waals surface area contributed by atoms with Crippen molar-refractivity contribution in [1.29, 1.82) is 0 Å². The highest BCUT2D eigenvalue weighted by atomic mass is 79.9. The number of nitrogens with one attached hydrogen (secondary N) is 2.